The average molecular weight is 372 g/mol. The smallest absolute Gasteiger partial charge is 0.225 e. The minimum atomic E-state index is 0.264. The van der Waals surface area contributed by atoms with Gasteiger partial charge in [0.25, 0.3) is 0 Å². The van der Waals surface area contributed by atoms with Gasteiger partial charge in [-0.3, -0.25) is 14.6 Å². The third-order valence-electron chi connectivity index (χ3n) is 6.73. The number of nitrogens with zero attached hydrogens (tertiary/aromatic N) is 5. The summed E-state index contributed by atoms with van der Waals surface area (Å²) in [6.45, 7) is 11.4. The van der Waals surface area contributed by atoms with E-state index in [1.165, 1.54) is 18.4 Å². The number of Topliss-reactive ketones (excluding diaryl/α,β-unsaturated/α-hetero) is 1. The SMILES string of the molecule is CC(=O)C1CCN(Cc2cnc(N3C4CCC3CN(C(C)C)C4)nc2)CC1. The van der Waals surface area contributed by atoms with Gasteiger partial charge < -0.3 is 4.90 Å². The third-order valence-corrected chi connectivity index (χ3v) is 6.73. The molecule has 2 bridgehead atoms. The van der Waals surface area contributed by atoms with Crippen LogP contribution in [0.5, 0.6) is 0 Å². The van der Waals surface area contributed by atoms with Crippen molar-refractivity contribution in [3.8, 4) is 0 Å². The van der Waals surface area contributed by atoms with Gasteiger partial charge in [-0.05, 0) is 59.5 Å². The first-order chi connectivity index (χ1) is 13.0. The second kappa shape index (κ2) is 7.84. The topological polar surface area (TPSA) is 52.6 Å². The molecule has 0 aliphatic carbocycles. The van der Waals surface area contributed by atoms with Crippen LogP contribution in [-0.2, 0) is 11.3 Å². The predicted octanol–water partition coefficient (Wildman–Crippen LogP) is 2.34. The first kappa shape index (κ1) is 18.8. The standard InChI is InChI=1S/C21H33N5O/c1-15(2)25-13-19-4-5-20(14-25)26(19)21-22-10-17(11-23-21)12-24-8-6-18(7-9-24)16(3)27/h10-11,15,18-20H,4-9,12-14H2,1-3H3. The second-order valence-corrected chi connectivity index (χ2v) is 8.89. The van der Waals surface area contributed by atoms with Crippen molar-refractivity contribution in [2.24, 2.45) is 5.92 Å². The largest absolute Gasteiger partial charge is 0.332 e. The van der Waals surface area contributed by atoms with Crippen LogP contribution in [0.4, 0.5) is 5.95 Å². The summed E-state index contributed by atoms with van der Waals surface area (Å²) in [5, 5.41) is 0. The molecule has 4 rings (SSSR count). The van der Waals surface area contributed by atoms with Crippen LogP contribution in [0.25, 0.3) is 0 Å². The van der Waals surface area contributed by atoms with E-state index in [0.717, 1.165) is 51.5 Å². The van der Waals surface area contributed by atoms with Crippen molar-refractivity contribution < 1.29 is 4.79 Å². The van der Waals surface area contributed by atoms with Crippen molar-refractivity contribution in [2.45, 2.75) is 71.1 Å². The van der Waals surface area contributed by atoms with E-state index in [2.05, 4.69) is 28.5 Å². The number of hydrogen-bond donors (Lipinski definition) is 0. The van der Waals surface area contributed by atoms with Crippen molar-refractivity contribution in [3.05, 3.63) is 18.0 Å². The molecule has 3 aliphatic heterocycles. The van der Waals surface area contributed by atoms with Gasteiger partial charge in [0.15, 0.2) is 0 Å². The molecule has 3 fully saturated rings. The summed E-state index contributed by atoms with van der Waals surface area (Å²) in [6.07, 6.45) is 8.49. The molecule has 1 aromatic heterocycles. The minimum absolute atomic E-state index is 0.264. The zero-order valence-corrected chi connectivity index (χ0v) is 17.0. The molecule has 148 valence electrons. The number of carbonyl (C=O) groups excluding carboxylic acids is 1. The van der Waals surface area contributed by atoms with Crippen molar-refractivity contribution in [3.63, 3.8) is 0 Å². The third kappa shape index (κ3) is 4.02. The van der Waals surface area contributed by atoms with Crippen LogP contribution < -0.4 is 4.90 Å². The molecule has 1 aromatic rings. The second-order valence-electron chi connectivity index (χ2n) is 8.89. The normalized spacial score (nSPS) is 27.5. The van der Waals surface area contributed by atoms with E-state index >= 15 is 0 Å². The van der Waals surface area contributed by atoms with Gasteiger partial charge in [0.1, 0.15) is 5.78 Å². The fourth-order valence-corrected chi connectivity index (χ4v) is 5.00. The van der Waals surface area contributed by atoms with Gasteiger partial charge in [-0.1, -0.05) is 0 Å². The highest BCUT2D eigenvalue weighted by atomic mass is 16.1. The molecule has 6 nitrogen and oxygen atoms in total. The molecule has 0 amide bonds. The van der Waals surface area contributed by atoms with Gasteiger partial charge in [0.2, 0.25) is 5.95 Å². The summed E-state index contributed by atoms with van der Waals surface area (Å²) in [4.78, 5) is 28.5. The number of hydrogen-bond acceptors (Lipinski definition) is 6. The van der Waals surface area contributed by atoms with Crippen LogP contribution in [0, 0.1) is 5.92 Å². The Hall–Kier alpha value is -1.53. The molecular weight excluding hydrogens is 338 g/mol. The molecule has 3 saturated heterocycles. The lowest BCUT2D eigenvalue weighted by molar-refractivity contribution is -0.122. The summed E-state index contributed by atoms with van der Waals surface area (Å²) >= 11 is 0. The Morgan fingerprint density at radius 1 is 1.07 bits per heavy atom. The molecule has 0 spiro atoms. The van der Waals surface area contributed by atoms with Crippen LogP contribution in [-0.4, -0.2) is 69.9 Å². The Bertz CT molecular complexity index is 639. The molecule has 0 saturated carbocycles. The number of carbonyl (C=O) groups is 1. The number of likely N-dealkylation sites (tertiary alicyclic amines) is 2. The van der Waals surface area contributed by atoms with E-state index in [4.69, 9.17) is 9.97 Å². The maximum Gasteiger partial charge on any atom is 0.225 e. The maximum atomic E-state index is 11.5. The number of fused-ring (bicyclic) bond motifs is 2. The first-order valence-corrected chi connectivity index (χ1v) is 10.6. The molecule has 27 heavy (non-hydrogen) atoms. The maximum absolute atomic E-state index is 11.5. The van der Waals surface area contributed by atoms with Crippen molar-refractivity contribution in [2.75, 3.05) is 31.1 Å². The first-order valence-electron chi connectivity index (χ1n) is 10.6. The lowest BCUT2D eigenvalue weighted by Crippen LogP contribution is -2.56. The Morgan fingerprint density at radius 3 is 2.19 bits per heavy atom. The molecule has 3 aliphatic rings. The van der Waals surface area contributed by atoms with E-state index < -0.39 is 0 Å². The van der Waals surface area contributed by atoms with E-state index in [-0.39, 0.29) is 5.92 Å². The summed E-state index contributed by atoms with van der Waals surface area (Å²) in [5.74, 6) is 1.51. The van der Waals surface area contributed by atoms with Crippen molar-refractivity contribution >= 4 is 11.7 Å². The van der Waals surface area contributed by atoms with E-state index in [9.17, 15) is 4.79 Å². The molecule has 2 atom stereocenters. The number of rotatable bonds is 5. The highest BCUT2D eigenvalue weighted by Gasteiger charge is 2.41. The summed E-state index contributed by atoms with van der Waals surface area (Å²) in [5.41, 5.74) is 1.17. The highest BCUT2D eigenvalue weighted by Crippen LogP contribution is 2.33. The number of ketones is 1. The lowest BCUT2D eigenvalue weighted by Gasteiger charge is -2.42. The van der Waals surface area contributed by atoms with Gasteiger partial charge in [-0.15, -0.1) is 0 Å². The quantitative estimate of drug-likeness (QED) is 0.792. The van der Waals surface area contributed by atoms with E-state index in [1.807, 2.05) is 12.4 Å². The summed E-state index contributed by atoms with van der Waals surface area (Å²) in [7, 11) is 0. The van der Waals surface area contributed by atoms with Gasteiger partial charge in [0.05, 0.1) is 0 Å². The van der Waals surface area contributed by atoms with Crippen LogP contribution in [0.15, 0.2) is 12.4 Å². The van der Waals surface area contributed by atoms with Gasteiger partial charge in [0, 0.05) is 61.6 Å². The zero-order valence-electron chi connectivity index (χ0n) is 17.0. The summed E-state index contributed by atoms with van der Waals surface area (Å²) in [6, 6.07) is 1.73. The number of aromatic nitrogens is 2. The van der Waals surface area contributed by atoms with Gasteiger partial charge in [-0.2, -0.15) is 0 Å². The van der Waals surface area contributed by atoms with Crippen LogP contribution >= 0.6 is 0 Å². The summed E-state index contributed by atoms with van der Waals surface area (Å²) < 4.78 is 0. The van der Waals surface area contributed by atoms with Gasteiger partial charge in [-0.25, -0.2) is 9.97 Å². The predicted molar refractivity (Wildman–Crippen MR) is 107 cm³/mol. The van der Waals surface area contributed by atoms with Gasteiger partial charge >= 0.3 is 0 Å². The Labute approximate surface area is 162 Å². The molecule has 4 heterocycles. The van der Waals surface area contributed by atoms with Crippen LogP contribution in [0.2, 0.25) is 0 Å². The minimum Gasteiger partial charge on any atom is -0.332 e. The Balaban J connectivity index is 1.35. The van der Waals surface area contributed by atoms with E-state index in [0.29, 0.717) is 23.9 Å². The highest BCUT2D eigenvalue weighted by molar-refractivity contribution is 5.78. The zero-order chi connectivity index (χ0) is 19.0. The van der Waals surface area contributed by atoms with Crippen molar-refractivity contribution in [1.82, 2.24) is 19.8 Å². The molecule has 0 N–H and O–H groups in total. The fraction of sp³-hybridized carbons (Fsp3) is 0.762. The Morgan fingerprint density at radius 2 is 1.67 bits per heavy atom. The monoisotopic (exact) mass is 371 g/mol. The Kier molecular flexibility index (Phi) is 5.46. The fourth-order valence-electron chi connectivity index (χ4n) is 5.00. The number of piperidine rings is 1. The number of anilines is 1. The molecule has 2 unspecified atom stereocenters. The lowest BCUT2D eigenvalue weighted by atomic mass is 9.93. The average Bonchev–Trinajstić information content (AvgIpc) is 2.92. The molecular formula is C21H33N5O. The molecule has 0 radical (unpaired) electrons. The van der Waals surface area contributed by atoms with Crippen LogP contribution in [0.1, 0.15) is 52.0 Å². The number of piperazine rings is 1. The molecule has 0 aromatic carbocycles. The van der Waals surface area contributed by atoms with E-state index in [1.54, 1.807) is 6.92 Å². The molecule has 6 heteroatoms. The van der Waals surface area contributed by atoms with Crippen molar-refractivity contribution in [1.29, 1.82) is 0 Å². The van der Waals surface area contributed by atoms with Crippen LogP contribution in [0.3, 0.4) is 0 Å².